The van der Waals surface area contributed by atoms with E-state index in [1.807, 2.05) is 41.5 Å². The molecule has 0 radical (unpaired) electrons. The number of guanidine groups is 1. The third kappa shape index (κ3) is 27.8. The molecular formula is C48H79N13O12S3. The highest BCUT2D eigenvalue weighted by Gasteiger charge is 2.35. The minimum absolute atomic E-state index is 0.000795. The molecule has 1 aliphatic heterocycles. The van der Waals surface area contributed by atoms with Crippen molar-refractivity contribution in [2.75, 3.05) is 57.2 Å². The van der Waals surface area contributed by atoms with E-state index in [-0.39, 0.29) is 69.4 Å². The first-order valence-electron chi connectivity index (χ1n) is 24.8. The molecule has 426 valence electrons. The third-order valence-electron chi connectivity index (χ3n) is 10.7. The van der Waals surface area contributed by atoms with Gasteiger partial charge in [0, 0.05) is 47.6 Å². The van der Waals surface area contributed by atoms with Crippen molar-refractivity contribution >= 4 is 100 Å². The van der Waals surface area contributed by atoms with E-state index < -0.39 is 129 Å². The number of amides is 9. The Balaban J connectivity index is 2.81. The number of carboxylic acid groups (broad SMARTS) is 1. The summed E-state index contributed by atoms with van der Waals surface area (Å²) in [5.74, 6) is -10.0. The Kier molecular flexibility index (Phi) is 29.7. The molecular weight excluding hydrogens is 1050 g/mol. The van der Waals surface area contributed by atoms with Gasteiger partial charge in [0.15, 0.2) is 11.3 Å². The van der Waals surface area contributed by atoms with Gasteiger partial charge < -0.3 is 74.9 Å². The van der Waals surface area contributed by atoms with Crippen LogP contribution >= 0.6 is 35.3 Å². The molecule has 76 heavy (non-hydrogen) atoms. The molecule has 25 nitrogen and oxygen atoms in total. The molecule has 0 saturated carbocycles. The lowest BCUT2D eigenvalue weighted by molar-refractivity contribution is -0.141. The van der Waals surface area contributed by atoms with Gasteiger partial charge in [-0.05, 0) is 44.2 Å². The van der Waals surface area contributed by atoms with E-state index in [1.54, 1.807) is 30.3 Å². The van der Waals surface area contributed by atoms with Crippen molar-refractivity contribution in [1.82, 2.24) is 47.9 Å². The van der Waals surface area contributed by atoms with Crippen LogP contribution in [0.25, 0.3) is 0 Å². The van der Waals surface area contributed by atoms with Crippen LogP contribution in [-0.2, 0) is 59.1 Å². The zero-order valence-corrected chi connectivity index (χ0v) is 46.8. The van der Waals surface area contributed by atoms with Crippen LogP contribution in [0.5, 0.6) is 0 Å². The van der Waals surface area contributed by atoms with Crippen molar-refractivity contribution in [2.24, 2.45) is 22.2 Å². The van der Waals surface area contributed by atoms with Gasteiger partial charge in [-0.2, -0.15) is 23.5 Å². The summed E-state index contributed by atoms with van der Waals surface area (Å²) in [5.41, 5.74) is 17.3. The highest BCUT2D eigenvalue weighted by Crippen LogP contribution is 2.25. The molecule has 7 atom stereocenters. The Labute approximate surface area is 457 Å². The van der Waals surface area contributed by atoms with Crippen LogP contribution < -0.4 is 65.1 Å². The second-order valence-corrected chi connectivity index (χ2v) is 24.3. The summed E-state index contributed by atoms with van der Waals surface area (Å²) in [6.45, 7) is 10.9. The predicted octanol–water partition coefficient (Wildman–Crippen LogP) is -2.07. The Hall–Kier alpha value is -5.84. The lowest BCUT2D eigenvalue weighted by atomic mass is 10.0. The topological polar surface area (TPSA) is 399 Å². The van der Waals surface area contributed by atoms with Crippen LogP contribution in [0, 0.1) is 0 Å². The maximum Gasteiger partial charge on any atom is 0.305 e. The number of thioether (sulfide) groups is 3. The van der Waals surface area contributed by atoms with Gasteiger partial charge in [-0.1, -0.05) is 71.9 Å². The lowest BCUT2D eigenvalue weighted by Crippen LogP contribution is -2.60. The molecule has 2 rings (SSSR count). The maximum absolute atomic E-state index is 14.4. The van der Waals surface area contributed by atoms with Gasteiger partial charge in [0.25, 0.3) is 5.91 Å². The number of aliphatic carboxylic acids is 1. The number of nitrogens with two attached hydrogens (primary N) is 3. The molecule has 1 aliphatic rings. The summed E-state index contributed by atoms with van der Waals surface area (Å²) in [5, 5.41) is 31.7. The molecule has 1 aromatic carbocycles. The van der Waals surface area contributed by atoms with Gasteiger partial charge in [-0.25, -0.2) is 0 Å². The van der Waals surface area contributed by atoms with E-state index in [0.29, 0.717) is 30.2 Å². The highest BCUT2D eigenvalue weighted by molar-refractivity contribution is 8.01. The molecule has 16 N–H and O–H groups in total. The fourth-order valence-corrected chi connectivity index (χ4v) is 9.45. The first-order chi connectivity index (χ1) is 35.7. The number of benzene rings is 1. The van der Waals surface area contributed by atoms with E-state index in [2.05, 4.69) is 52.8 Å². The van der Waals surface area contributed by atoms with Crippen molar-refractivity contribution in [3.05, 3.63) is 35.9 Å². The first-order valence-corrected chi connectivity index (χ1v) is 27.8. The van der Waals surface area contributed by atoms with E-state index in [4.69, 9.17) is 21.9 Å². The number of hydrogen-bond acceptors (Lipinski definition) is 16. The molecule has 28 heteroatoms. The van der Waals surface area contributed by atoms with Crippen molar-refractivity contribution in [2.45, 2.75) is 138 Å². The van der Waals surface area contributed by atoms with Gasteiger partial charge in [-0.3, -0.25) is 52.9 Å². The average molecular weight is 1130 g/mol. The van der Waals surface area contributed by atoms with Gasteiger partial charge >= 0.3 is 5.97 Å². The number of carbonyl (C=O) groups excluding carboxylic acids is 9. The monoisotopic (exact) mass is 1130 g/mol. The molecule has 1 aromatic rings. The first kappa shape index (κ1) is 66.3. The van der Waals surface area contributed by atoms with E-state index in [9.17, 15) is 53.1 Å². The number of methoxy groups -OCH3 is 1. The van der Waals surface area contributed by atoms with Crippen LogP contribution in [0.15, 0.2) is 35.3 Å². The number of rotatable bonds is 20. The van der Waals surface area contributed by atoms with E-state index in [0.717, 1.165) is 0 Å². The SMILES string of the molecule is COCCNC(=O)C1NC(=O)[C@H](Cc2ccccc2)NC(=O)[C@H](CSC(C)(C)C)NC(=O)[C@H](CC(=O)O)NC(=O)CNC(=O)[C@H](CCCN=C(N)N)NC(=O)[C@H](CSC(C)(C)C)NC(=O)[C@H](CCCCN)NC(=O)CS1. The Morgan fingerprint density at radius 1 is 0.697 bits per heavy atom. The standard InChI is InChI=1S/C48H79N13O12S3/c1-47(2,3)75-25-33-42(70)57-29(17-13-19-53-46(50)51)38(66)54-24-35(62)56-32(23-37(64)65)40(68)60-34(26-76-48(4,5)6)43(71)58-31(22-28-14-9-8-10-15-28)41(69)61-45(44(72)52-20-21-73-7)74-27-36(63)55-30(39(67)59-33)16-11-12-18-49/h8-10,14-15,29-34,45H,11-13,16-27,49H2,1-7H3,(H,52,72)(H,54,66)(H,55,63)(H,56,62)(H,57,70)(H,58,71)(H,59,67)(H,60,68)(H,61,69)(H,64,65)(H4,50,51,53)/t29-,30-,31-,32-,33-,34-,45?/m0/s1. The number of nitrogens with zero attached hydrogens (tertiary/aromatic N) is 1. The van der Waals surface area contributed by atoms with E-state index in [1.165, 1.54) is 30.6 Å². The smallest absolute Gasteiger partial charge is 0.305 e. The van der Waals surface area contributed by atoms with Crippen molar-refractivity contribution in [3.63, 3.8) is 0 Å². The molecule has 0 aliphatic carbocycles. The normalized spacial score (nSPS) is 22.5. The van der Waals surface area contributed by atoms with Gasteiger partial charge in [0.1, 0.15) is 36.3 Å². The summed E-state index contributed by atoms with van der Waals surface area (Å²) in [6, 6.07) is 0.0481. The number of hydrogen-bond donors (Lipinski definition) is 13. The Bertz CT molecular complexity index is 2140. The molecule has 0 bridgehead atoms. The molecule has 1 saturated heterocycles. The van der Waals surface area contributed by atoms with Gasteiger partial charge in [-0.15, -0.1) is 11.8 Å². The van der Waals surface area contributed by atoms with Crippen molar-refractivity contribution < 1.29 is 57.8 Å². The third-order valence-corrected chi connectivity index (χ3v) is 14.5. The summed E-state index contributed by atoms with van der Waals surface area (Å²) in [4.78, 5) is 142. The number of carboxylic acids is 1. The van der Waals surface area contributed by atoms with Crippen LogP contribution in [-0.4, -0.2) is 178 Å². The van der Waals surface area contributed by atoms with Crippen LogP contribution in [0.2, 0.25) is 0 Å². The Morgan fingerprint density at radius 2 is 1.21 bits per heavy atom. The lowest BCUT2D eigenvalue weighted by Gasteiger charge is -2.28. The largest absolute Gasteiger partial charge is 0.481 e. The Morgan fingerprint density at radius 3 is 1.76 bits per heavy atom. The number of carbonyl (C=O) groups is 10. The van der Waals surface area contributed by atoms with Crippen molar-refractivity contribution in [1.29, 1.82) is 0 Å². The zero-order chi connectivity index (χ0) is 57.0. The fourth-order valence-electron chi connectivity index (χ4n) is 6.81. The quantitative estimate of drug-likeness (QED) is 0.0379. The second kappa shape index (κ2) is 34.0. The predicted molar refractivity (Wildman–Crippen MR) is 294 cm³/mol. The second-order valence-electron chi connectivity index (χ2n) is 19.6. The number of nitrogens with one attached hydrogen (secondary N) is 9. The minimum Gasteiger partial charge on any atom is -0.481 e. The van der Waals surface area contributed by atoms with Gasteiger partial charge in [0.2, 0.25) is 47.3 Å². The van der Waals surface area contributed by atoms with Crippen LogP contribution in [0.4, 0.5) is 0 Å². The number of ether oxygens (including phenoxy) is 1. The molecule has 0 aromatic heterocycles. The number of unbranched alkanes of at least 4 members (excludes halogenated alkanes) is 1. The zero-order valence-electron chi connectivity index (χ0n) is 44.4. The fraction of sp³-hybridized carbons (Fsp3) is 0.646. The molecule has 1 heterocycles. The maximum atomic E-state index is 14.4. The van der Waals surface area contributed by atoms with Crippen LogP contribution in [0.3, 0.4) is 0 Å². The average Bonchev–Trinajstić information content (AvgIpc) is 3.33. The minimum atomic E-state index is -1.79. The highest BCUT2D eigenvalue weighted by atomic mass is 32.2. The van der Waals surface area contributed by atoms with Gasteiger partial charge in [0.05, 0.1) is 25.3 Å². The molecule has 1 unspecified atom stereocenters. The van der Waals surface area contributed by atoms with Crippen LogP contribution in [0.1, 0.15) is 85.6 Å². The molecule has 0 spiro atoms. The molecule has 1 fully saturated rings. The summed E-state index contributed by atoms with van der Waals surface area (Å²) < 4.78 is 4.18. The summed E-state index contributed by atoms with van der Waals surface area (Å²) >= 11 is 3.29. The number of aliphatic imine (C=N–C) groups is 1. The molecule has 9 amide bonds. The van der Waals surface area contributed by atoms with E-state index >= 15 is 0 Å². The summed E-state index contributed by atoms with van der Waals surface area (Å²) in [7, 11) is 1.42. The van der Waals surface area contributed by atoms with Crippen molar-refractivity contribution in [3.8, 4) is 0 Å². The summed E-state index contributed by atoms with van der Waals surface area (Å²) in [6.07, 6.45) is -0.0535.